The van der Waals surface area contributed by atoms with E-state index in [1.165, 1.54) is 18.2 Å². The first-order valence-corrected chi connectivity index (χ1v) is 11.2. The Morgan fingerprint density at radius 1 is 1.03 bits per heavy atom. The minimum absolute atomic E-state index is 0.102. The number of pyridine rings is 1. The van der Waals surface area contributed by atoms with E-state index in [1.54, 1.807) is 18.2 Å². The van der Waals surface area contributed by atoms with E-state index in [0.29, 0.717) is 0 Å². The number of halogens is 1. The predicted octanol–water partition coefficient (Wildman–Crippen LogP) is 5.45. The van der Waals surface area contributed by atoms with Gasteiger partial charge in [0.1, 0.15) is 5.82 Å². The van der Waals surface area contributed by atoms with Crippen LogP contribution in [0.1, 0.15) is 44.9 Å². The number of aromatic nitrogens is 1. The number of hydrogen-bond acceptors (Lipinski definition) is 4. The van der Waals surface area contributed by atoms with Gasteiger partial charge < -0.3 is 15.3 Å². The fourth-order valence-electron chi connectivity index (χ4n) is 3.77. The molecule has 2 atom stereocenters. The van der Waals surface area contributed by atoms with Gasteiger partial charge in [-0.05, 0) is 29.3 Å². The number of carboxylic acid groups (broad SMARTS) is 1. The molecular weight excluding hydrogens is 433 g/mol. The van der Waals surface area contributed by atoms with Gasteiger partial charge in [-0.15, -0.1) is 0 Å². The third-order valence-electron chi connectivity index (χ3n) is 5.40. The topological polar surface area (TPSA) is 90.7 Å². The zero-order valence-corrected chi connectivity index (χ0v) is 19.6. The Labute approximate surface area is 199 Å². The highest BCUT2D eigenvalue weighted by atomic mass is 19.1. The van der Waals surface area contributed by atoms with Crippen LogP contribution in [0.5, 0.6) is 0 Å². The fraction of sp³-hybridized carbons (Fsp3) is 0.286. The quantitative estimate of drug-likeness (QED) is 0.413. The smallest absolute Gasteiger partial charge is 0.305 e. The number of benzene rings is 2. The molecule has 6 heteroatoms. The molecule has 34 heavy (non-hydrogen) atoms. The minimum atomic E-state index is -1.16. The number of aliphatic carboxylic acids is 1. The van der Waals surface area contributed by atoms with Crippen molar-refractivity contribution >= 4 is 12.0 Å². The SMILES string of the molecule is CC(C)(C)c1nc(-c2ccccc2)cc(-c2ccc(F)cc2)c1C=C[C@@H](O)C[C@@H](O)CC(=O)O. The van der Waals surface area contributed by atoms with Gasteiger partial charge in [-0.1, -0.05) is 75.4 Å². The summed E-state index contributed by atoms with van der Waals surface area (Å²) in [6.07, 6.45) is 0.541. The Morgan fingerprint density at radius 3 is 2.26 bits per heavy atom. The van der Waals surface area contributed by atoms with Crippen molar-refractivity contribution in [3.63, 3.8) is 0 Å². The predicted molar refractivity (Wildman–Crippen MR) is 132 cm³/mol. The number of nitrogens with zero attached hydrogens (tertiary/aromatic N) is 1. The molecule has 178 valence electrons. The molecule has 3 rings (SSSR count). The molecule has 0 bridgehead atoms. The van der Waals surface area contributed by atoms with Gasteiger partial charge >= 0.3 is 5.97 Å². The number of carboxylic acids is 1. The molecule has 0 aliphatic rings. The van der Waals surface area contributed by atoms with Crippen LogP contribution in [0.3, 0.4) is 0 Å². The van der Waals surface area contributed by atoms with Crippen molar-refractivity contribution in [2.45, 2.75) is 51.2 Å². The lowest BCUT2D eigenvalue weighted by Gasteiger charge is -2.24. The zero-order valence-electron chi connectivity index (χ0n) is 19.6. The molecule has 1 aromatic heterocycles. The monoisotopic (exact) mass is 463 g/mol. The molecule has 0 aliphatic carbocycles. The fourth-order valence-corrected chi connectivity index (χ4v) is 3.77. The Kier molecular flexibility index (Phi) is 7.97. The standard InChI is InChI=1S/C28H30FNO4/c1-28(2,3)27-23(14-13-21(31)15-22(32)16-26(33)34)24(18-9-11-20(29)12-10-18)17-25(30-27)19-7-5-4-6-8-19/h4-14,17,21-22,31-32H,15-16H2,1-3H3,(H,33,34)/t21-,22-/m1/s1. The molecular formula is C28H30FNO4. The lowest BCUT2D eigenvalue weighted by atomic mass is 9.84. The number of hydrogen-bond donors (Lipinski definition) is 3. The molecule has 0 amide bonds. The maximum atomic E-state index is 13.7. The van der Waals surface area contributed by atoms with Crippen molar-refractivity contribution in [3.8, 4) is 22.4 Å². The van der Waals surface area contributed by atoms with Gasteiger partial charge in [-0.25, -0.2) is 4.39 Å². The molecule has 3 N–H and O–H groups in total. The molecule has 0 unspecified atom stereocenters. The number of carbonyl (C=O) groups is 1. The van der Waals surface area contributed by atoms with Gasteiger partial charge in [-0.2, -0.15) is 0 Å². The summed E-state index contributed by atoms with van der Waals surface area (Å²) >= 11 is 0. The summed E-state index contributed by atoms with van der Waals surface area (Å²) < 4.78 is 13.7. The summed E-state index contributed by atoms with van der Waals surface area (Å²) in [5.74, 6) is -1.46. The van der Waals surface area contributed by atoms with Crippen molar-refractivity contribution in [3.05, 3.63) is 83.8 Å². The summed E-state index contributed by atoms with van der Waals surface area (Å²) in [6.45, 7) is 6.13. The van der Waals surface area contributed by atoms with E-state index in [4.69, 9.17) is 10.1 Å². The van der Waals surface area contributed by atoms with E-state index in [9.17, 15) is 19.4 Å². The van der Waals surface area contributed by atoms with Crippen LogP contribution in [0.2, 0.25) is 0 Å². The third kappa shape index (κ3) is 6.59. The van der Waals surface area contributed by atoms with E-state index in [-0.39, 0.29) is 17.7 Å². The number of rotatable bonds is 8. The zero-order chi connectivity index (χ0) is 24.9. The van der Waals surface area contributed by atoms with E-state index in [1.807, 2.05) is 57.2 Å². The van der Waals surface area contributed by atoms with Crippen molar-refractivity contribution in [1.82, 2.24) is 4.98 Å². The molecule has 5 nitrogen and oxygen atoms in total. The van der Waals surface area contributed by atoms with E-state index in [2.05, 4.69) is 0 Å². The van der Waals surface area contributed by atoms with Crippen molar-refractivity contribution in [2.75, 3.05) is 0 Å². The third-order valence-corrected chi connectivity index (χ3v) is 5.40. The Morgan fingerprint density at radius 2 is 1.68 bits per heavy atom. The summed E-state index contributed by atoms with van der Waals surface area (Å²) in [4.78, 5) is 15.8. The minimum Gasteiger partial charge on any atom is -0.481 e. The van der Waals surface area contributed by atoms with Gasteiger partial charge in [0, 0.05) is 23.0 Å². The first-order valence-electron chi connectivity index (χ1n) is 11.2. The van der Waals surface area contributed by atoms with E-state index >= 15 is 0 Å². The second-order valence-corrected chi connectivity index (χ2v) is 9.35. The van der Waals surface area contributed by atoms with Crippen LogP contribution in [0, 0.1) is 5.82 Å². The van der Waals surface area contributed by atoms with Crippen LogP contribution in [0.4, 0.5) is 4.39 Å². The highest BCUT2D eigenvalue weighted by Crippen LogP contribution is 2.36. The van der Waals surface area contributed by atoms with E-state index < -0.39 is 24.6 Å². The normalized spacial score (nSPS) is 13.7. The Balaban J connectivity index is 2.14. The van der Waals surface area contributed by atoms with Crippen LogP contribution in [0.25, 0.3) is 28.5 Å². The van der Waals surface area contributed by atoms with Crippen LogP contribution < -0.4 is 0 Å². The Bertz CT molecular complexity index is 1150. The number of aliphatic hydroxyl groups excluding tert-OH is 2. The number of aliphatic hydroxyl groups is 2. The summed E-state index contributed by atoms with van der Waals surface area (Å²) in [6, 6.07) is 17.9. The maximum absolute atomic E-state index is 13.7. The van der Waals surface area contributed by atoms with Crippen LogP contribution in [-0.4, -0.2) is 38.5 Å². The van der Waals surface area contributed by atoms with Gasteiger partial charge in [0.25, 0.3) is 0 Å². The van der Waals surface area contributed by atoms with Gasteiger partial charge in [0.2, 0.25) is 0 Å². The average Bonchev–Trinajstić information content (AvgIpc) is 2.77. The van der Waals surface area contributed by atoms with Crippen LogP contribution >= 0.6 is 0 Å². The average molecular weight is 464 g/mol. The van der Waals surface area contributed by atoms with Crippen molar-refractivity contribution < 1.29 is 24.5 Å². The lowest BCUT2D eigenvalue weighted by Crippen LogP contribution is -2.19. The maximum Gasteiger partial charge on any atom is 0.305 e. The molecule has 2 aromatic carbocycles. The van der Waals surface area contributed by atoms with Crippen molar-refractivity contribution in [1.29, 1.82) is 0 Å². The lowest BCUT2D eigenvalue weighted by molar-refractivity contribution is -0.139. The van der Waals surface area contributed by atoms with Gasteiger partial charge in [-0.3, -0.25) is 9.78 Å². The molecule has 1 heterocycles. The second-order valence-electron chi connectivity index (χ2n) is 9.35. The first-order chi connectivity index (χ1) is 16.0. The van der Waals surface area contributed by atoms with Crippen LogP contribution in [-0.2, 0) is 10.2 Å². The van der Waals surface area contributed by atoms with E-state index in [0.717, 1.165) is 33.6 Å². The Hall–Kier alpha value is -3.35. The molecule has 0 fully saturated rings. The summed E-state index contributed by atoms with van der Waals surface area (Å²) in [7, 11) is 0. The summed E-state index contributed by atoms with van der Waals surface area (Å²) in [5.41, 5.74) is 4.56. The van der Waals surface area contributed by atoms with Crippen molar-refractivity contribution in [2.24, 2.45) is 0 Å². The van der Waals surface area contributed by atoms with Crippen LogP contribution in [0.15, 0.2) is 66.7 Å². The molecule has 0 spiro atoms. The molecule has 3 aromatic rings. The van der Waals surface area contributed by atoms with Gasteiger partial charge in [0.05, 0.1) is 30.0 Å². The molecule has 0 saturated heterocycles. The first kappa shape index (κ1) is 25.3. The van der Waals surface area contributed by atoms with Gasteiger partial charge in [0.15, 0.2) is 0 Å². The molecule has 0 aliphatic heterocycles. The largest absolute Gasteiger partial charge is 0.481 e. The summed E-state index contributed by atoms with van der Waals surface area (Å²) in [5, 5.41) is 29.1. The molecule has 0 saturated carbocycles. The molecule has 0 radical (unpaired) electrons. The second kappa shape index (κ2) is 10.7. The highest BCUT2D eigenvalue weighted by Gasteiger charge is 2.24. The highest BCUT2D eigenvalue weighted by molar-refractivity contribution is 5.81.